The summed E-state index contributed by atoms with van der Waals surface area (Å²) in [5.74, 6) is 0. The van der Waals surface area contributed by atoms with Crippen molar-refractivity contribution in [1.29, 1.82) is 0 Å². The Morgan fingerprint density at radius 2 is 1.03 bits per heavy atom. The van der Waals surface area contributed by atoms with E-state index in [1.165, 1.54) is 64.1 Å². The Kier molecular flexibility index (Phi) is 5.69. The van der Waals surface area contributed by atoms with E-state index in [0.29, 0.717) is 5.56 Å². The van der Waals surface area contributed by atoms with E-state index in [1.807, 2.05) is 0 Å². The van der Waals surface area contributed by atoms with Crippen LogP contribution in [0.4, 0.5) is 26.3 Å². The third-order valence-corrected chi connectivity index (χ3v) is 5.28. The zero-order valence-corrected chi connectivity index (χ0v) is 17.3. The highest BCUT2D eigenvalue weighted by Crippen LogP contribution is 2.33. The minimum Gasteiger partial charge on any atom is -0.167 e. The van der Waals surface area contributed by atoms with Gasteiger partial charge in [-0.05, 0) is 30.2 Å². The highest BCUT2D eigenvalue weighted by Gasteiger charge is 2.37. The Bertz CT molecular complexity index is 1290. The number of hydrogen-bond donors (Lipinski definition) is 0. The number of aryl methyl sites for hydroxylation is 1. The maximum absolute atomic E-state index is 13.4. The summed E-state index contributed by atoms with van der Waals surface area (Å²) >= 11 is 0. The summed E-state index contributed by atoms with van der Waals surface area (Å²) in [6.45, 7) is 1.77. The van der Waals surface area contributed by atoms with Gasteiger partial charge >= 0.3 is 12.4 Å². The average molecular weight is 460 g/mol. The quantitative estimate of drug-likeness (QED) is 0.252. The SMILES string of the molecule is Cc1c[n+](-c2ccccc2C(F)(F)F)ccc1-c1cc[n+](-c2ccccc2C(F)(F)F)cc1. The topological polar surface area (TPSA) is 7.76 Å². The summed E-state index contributed by atoms with van der Waals surface area (Å²) in [6.07, 6.45) is -2.79. The summed E-state index contributed by atoms with van der Waals surface area (Å²) in [4.78, 5) is 0. The lowest BCUT2D eigenvalue weighted by Gasteiger charge is -2.10. The normalized spacial score (nSPS) is 12.1. The first-order valence-electron chi connectivity index (χ1n) is 9.92. The van der Waals surface area contributed by atoms with Crippen molar-refractivity contribution < 1.29 is 35.5 Å². The molecule has 0 saturated heterocycles. The van der Waals surface area contributed by atoms with Crippen LogP contribution in [0.3, 0.4) is 0 Å². The van der Waals surface area contributed by atoms with Gasteiger partial charge in [-0.2, -0.15) is 35.5 Å². The molecule has 0 atom stereocenters. The summed E-state index contributed by atoms with van der Waals surface area (Å²) < 4.78 is 82.9. The molecule has 2 nitrogen and oxygen atoms in total. The maximum atomic E-state index is 13.4. The molecule has 8 heteroatoms. The second kappa shape index (κ2) is 8.35. The van der Waals surface area contributed by atoms with E-state index < -0.39 is 23.5 Å². The second-order valence-corrected chi connectivity index (χ2v) is 7.47. The van der Waals surface area contributed by atoms with Gasteiger partial charge in [0.05, 0.1) is 0 Å². The second-order valence-electron chi connectivity index (χ2n) is 7.47. The first kappa shape index (κ1) is 22.5. The molecule has 4 aromatic rings. The molecule has 0 bridgehead atoms. The Balaban J connectivity index is 1.69. The van der Waals surface area contributed by atoms with Gasteiger partial charge < -0.3 is 0 Å². The van der Waals surface area contributed by atoms with E-state index in [9.17, 15) is 26.3 Å². The van der Waals surface area contributed by atoms with Crippen molar-refractivity contribution in [3.63, 3.8) is 0 Å². The lowest BCUT2D eigenvalue weighted by atomic mass is 10.0. The number of aromatic nitrogens is 2. The first-order valence-corrected chi connectivity index (χ1v) is 9.92. The van der Waals surface area contributed by atoms with Crippen LogP contribution in [0.15, 0.2) is 91.5 Å². The van der Waals surface area contributed by atoms with Crippen molar-refractivity contribution in [3.8, 4) is 22.5 Å². The van der Waals surface area contributed by atoms with Crippen LogP contribution >= 0.6 is 0 Å². The fraction of sp³-hybridized carbons (Fsp3) is 0.120. The molecule has 0 aliphatic rings. The van der Waals surface area contributed by atoms with Gasteiger partial charge in [0.15, 0.2) is 24.8 Å². The summed E-state index contributed by atoms with van der Waals surface area (Å²) in [7, 11) is 0. The highest BCUT2D eigenvalue weighted by molar-refractivity contribution is 5.65. The zero-order chi connectivity index (χ0) is 23.8. The van der Waals surface area contributed by atoms with E-state index >= 15 is 0 Å². The van der Waals surface area contributed by atoms with Crippen molar-refractivity contribution in [1.82, 2.24) is 0 Å². The molecule has 0 radical (unpaired) electrons. The van der Waals surface area contributed by atoms with Crippen LogP contribution in [0, 0.1) is 6.92 Å². The third-order valence-electron chi connectivity index (χ3n) is 5.28. The zero-order valence-electron chi connectivity index (χ0n) is 17.3. The number of pyridine rings is 2. The number of para-hydroxylation sites is 2. The van der Waals surface area contributed by atoms with Crippen LogP contribution in [0.25, 0.3) is 22.5 Å². The molecular formula is C25H18F6N2+2. The molecule has 0 unspecified atom stereocenters. The van der Waals surface area contributed by atoms with E-state index in [-0.39, 0.29) is 11.4 Å². The highest BCUT2D eigenvalue weighted by atomic mass is 19.4. The van der Waals surface area contributed by atoms with Crippen molar-refractivity contribution in [3.05, 3.63) is 108 Å². The molecule has 0 aliphatic carbocycles. The fourth-order valence-electron chi connectivity index (χ4n) is 3.72. The van der Waals surface area contributed by atoms with Gasteiger partial charge in [0.25, 0.3) is 0 Å². The standard InChI is InChI=1S/C25H18F6N2/c1-17-16-33(23-9-5-3-7-21(23)25(29,30)31)15-12-19(17)18-10-13-32(14-11-18)22-8-4-2-6-20(22)24(26,27)28/h2-16H,1H3/q+2. The largest absolute Gasteiger partial charge is 0.422 e. The Hall–Kier alpha value is -3.68. The Labute approximate surface area is 186 Å². The molecule has 0 N–H and O–H groups in total. The molecule has 0 spiro atoms. The molecule has 4 rings (SSSR count). The minimum absolute atomic E-state index is 0.00272. The third kappa shape index (κ3) is 4.60. The van der Waals surface area contributed by atoms with Crippen molar-refractivity contribution in [2.45, 2.75) is 19.3 Å². The number of hydrogen-bond acceptors (Lipinski definition) is 0. The van der Waals surface area contributed by atoms with Gasteiger partial charge in [-0.15, -0.1) is 0 Å². The molecule has 0 aliphatic heterocycles. The summed E-state index contributed by atoms with van der Waals surface area (Å²) in [6, 6.07) is 15.6. The number of rotatable bonds is 3. The number of halogens is 6. The van der Waals surface area contributed by atoms with Gasteiger partial charge in [-0.1, -0.05) is 24.3 Å². The van der Waals surface area contributed by atoms with Crippen LogP contribution in [-0.4, -0.2) is 0 Å². The Morgan fingerprint density at radius 1 is 0.576 bits per heavy atom. The van der Waals surface area contributed by atoms with Gasteiger partial charge in [0.2, 0.25) is 11.4 Å². The number of benzene rings is 2. The number of alkyl halides is 6. The van der Waals surface area contributed by atoms with Crippen molar-refractivity contribution >= 4 is 0 Å². The van der Waals surface area contributed by atoms with Crippen LogP contribution < -0.4 is 9.13 Å². The van der Waals surface area contributed by atoms with E-state index in [0.717, 1.165) is 23.3 Å². The molecule has 33 heavy (non-hydrogen) atoms. The maximum Gasteiger partial charge on any atom is 0.422 e. The predicted octanol–water partition coefficient (Wildman–Crippen LogP) is 6.25. The molecule has 0 saturated carbocycles. The van der Waals surface area contributed by atoms with E-state index in [1.54, 1.807) is 31.3 Å². The van der Waals surface area contributed by atoms with Crippen LogP contribution in [-0.2, 0) is 12.4 Å². The molecule has 2 aromatic carbocycles. The van der Waals surface area contributed by atoms with Gasteiger partial charge in [0.1, 0.15) is 11.1 Å². The van der Waals surface area contributed by atoms with Crippen LogP contribution in [0.2, 0.25) is 0 Å². The average Bonchev–Trinajstić information content (AvgIpc) is 2.78. The predicted molar refractivity (Wildman–Crippen MR) is 110 cm³/mol. The fourth-order valence-corrected chi connectivity index (χ4v) is 3.72. The minimum atomic E-state index is -4.49. The van der Waals surface area contributed by atoms with Crippen molar-refractivity contribution in [2.24, 2.45) is 0 Å². The van der Waals surface area contributed by atoms with E-state index in [2.05, 4.69) is 0 Å². The van der Waals surface area contributed by atoms with Gasteiger partial charge in [-0.25, -0.2) is 0 Å². The lowest BCUT2D eigenvalue weighted by molar-refractivity contribution is -0.597. The molecular weight excluding hydrogens is 442 g/mol. The summed E-state index contributed by atoms with van der Waals surface area (Å²) in [5.41, 5.74) is 0.714. The smallest absolute Gasteiger partial charge is 0.167 e. The number of nitrogens with zero attached hydrogens (tertiary/aromatic N) is 2. The summed E-state index contributed by atoms with van der Waals surface area (Å²) in [5, 5.41) is 0. The first-order chi connectivity index (χ1) is 15.6. The lowest BCUT2D eigenvalue weighted by Crippen LogP contribution is -2.33. The van der Waals surface area contributed by atoms with E-state index in [4.69, 9.17) is 0 Å². The monoisotopic (exact) mass is 460 g/mol. The molecule has 2 heterocycles. The van der Waals surface area contributed by atoms with Gasteiger partial charge in [-0.3, -0.25) is 0 Å². The molecule has 0 amide bonds. The molecule has 2 aromatic heterocycles. The van der Waals surface area contributed by atoms with Crippen molar-refractivity contribution in [2.75, 3.05) is 0 Å². The van der Waals surface area contributed by atoms with Gasteiger partial charge in [0, 0.05) is 35.9 Å². The molecule has 168 valence electrons. The molecule has 0 fully saturated rings. The van der Waals surface area contributed by atoms with Crippen LogP contribution in [0.1, 0.15) is 16.7 Å². The van der Waals surface area contributed by atoms with Crippen LogP contribution in [0.5, 0.6) is 0 Å². The Morgan fingerprint density at radius 3 is 1.52 bits per heavy atom.